The monoisotopic (exact) mass is 224 g/mol. The lowest BCUT2D eigenvalue weighted by molar-refractivity contribution is 0.390. The highest BCUT2D eigenvalue weighted by atomic mass is 15.1. The lowest BCUT2D eigenvalue weighted by Crippen LogP contribution is -2.23. The number of anilines is 3. The van der Waals surface area contributed by atoms with Crippen LogP contribution < -0.4 is 16.8 Å². The molecule has 1 aromatic rings. The molecule has 6 nitrogen and oxygen atoms in total. The number of nitrogens with zero attached hydrogens (tertiary/aromatic N) is 3. The Kier molecular flexibility index (Phi) is 4.30. The van der Waals surface area contributed by atoms with Gasteiger partial charge in [0.25, 0.3) is 0 Å². The molecule has 1 aromatic heterocycles. The zero-order valence-electron chi connectivity index (χ0n) is 10.1. The van der Waals surface area contributed by atoms with Gasteiger partial charge < -0.3 is 21.7 Å². The van der Waals surface area contributed by atoms with Gasteiger partial charge in [0, 0.05) is 12.1 Å². The van der Waals surface area contributed by atoms with Gasteiger partial charge in [0.1, 0.15) is 11.6 Å². The molecule has 0 saturated carbocycles. The largest absolute Gasteiger partial charge is 0.383 e. The molecule has 1 rings (SSSR count). The second kappa shape index (κ2) is 5.50. The van der Waals surface area contributed by atoms with E-state index >= 15 is 0 Å². The van der Waals surface area contributed by atoms with Gasteiger partial charge in [0.2, 0.25) is 5.95 Å². The molecule has 1 unspecified atom stereocenters. The van der Waals surface area contributed by atoms with E-state index in [2.05, 4.69) is 27.1 Å². The fourth-order valence-corrected chi connectivity index (χ4v) is 1.34. The molecule has 0 saturated heterocycles. The molecule has 16 heavy (non-hydrogen) atoms. The van der Waals surface area contributed by atoms with E-state index in [1.54, 1.807) is 6.07 Å². The van der Waals surface area contributed by atoms with Crippen molar-refractivity contribution in [3.63, 3.8) is 0 Å². The molecule has 0 aromatic carbocycles. The number of nitrogen functional groups attached to an aromatic ring is 2. The van der Waals surface area contributed by atoms with Crippen molar-refractivity contribution in [2.24, 2.45) is 0 Å². The van der Waals surface area contributed by atoms with Crippen molar-refractivity contribution in [2.75, 3.05) is 37.4 Å². The molecule has 6 heteroatoms. The Hall–Kier alpha value is -1.56. The summed E-state index contributed by atoms with van der Waals surface area (Å²) in [5.41, 5.74) is 11.1. The average Bonchev–Trinajstić information content (AvgIpc) is 2.12. The van der Waals surface area contributed by atoms with Crippen LogP contribution in [0.25, 0.3) is 0 Å². The molecular weight excluding hydrogens is 204 g/mol. The van der Waals surface area contributed by atoms with Crippen LogP contribution in [0.5, 0.6) is 0 Å². The molecule has 0 radical (unpaired) electrons. The van der Waals surface area contributed by atoms with E-state index in [1.165, 1.54) is 0 Å². The minimum Gasteiger partial charge on any atom is -0.383 e. The van der Waals surface area contributed by atoms with Gasteiger partial charge in [-0.1, -0.05) is 0 Å². The third-order valence-electron chi connectivity index (χ3n) is 2.17. The first-order valence-corrected chi connectivity index (χ1v) is 5.28. The Morgan fingerprint density at radius 2 is 2.06 bits per heavy atom. The van der Waals surface area contributed by atoms with Crippen LogP contribution in [0, 0.1) is 0 Å². The molecule has 0 aliphatic heterocycles. The lowest BCUT2D eigenvalue weighted by atomic mass is 10.2. The summed E-state index contributed by atoms with van der Waals surface area (Å²) >= 11 is 0. The van der Waals surface area contributed by atoms with Crippen LogP contribution in [0.4, 0.5) is 17.6 Å². The van der Waals surface area contributed by atoms with Crippen LogP contribution in [0.3, 0.4) is 0 Å². The van der Waals surface area contributed by atoms with Gasteiger partial charge in [-0.15, -0.1) is 0 Å². The SMILES string of the molecule is CC(CCN(C)C)Nc1cc(N)nc(N)n1. The van der Waals surface area contributed by atoms with Crippen LogP contribution in [0.2, 0.25) is 0 Å². The second-order valence-electron chi connectivity index (χ2n) is 4.17. The number of nitrogens with one attached hydrogen (secondary N) is 1. The number of rotatable bonds is 5. The van der Waals surface area contributed by atoms with E-state index in [-0.39, 0.29) is 5.95 Å². The van der Waals surface area contributed by atoms with Gasteiger partial charge in [-0.05, 0) is 34.0 Å². The highest BCUT2D eigenvalue weighted by Gasteiger charge is 2.05. The minimum atomic E-state index is 0.197. The Bertz CT molecular complexity index is 318. The number of aromatic nitrogens is 2. The summed E-state index contributed by atoms with van der Waals surface area (Å²) in [6.45, 7) is 3.11. The molecule has 1 heterocycles. The van der Waals surface area contributed by atoms with Crippen LogP contribution >= 0.6 is 0 Å². The molecule has 0 amide bonds. The van der Waals surface area contributed by atoms with Crippen molar-refractivity contribution >= 4 is 17.6 Å². The Morgan fingerprint density at radius 1 is 1.38 bits per heavy atom. The maximum Gasteiger partial charge on any atom is 0.223 e. The second-order valence-corrected chi connectivity index (χ2v) is 4.17. The zero-order chi connectivity index (χ0) is 12.1. The summed E-state index contributed by atoms with van der Waals surface area (Å²) in [5, 5.41) is 3.24. The summed E-state index contributed by atoms with van der Waals surface area (Å²) in [5.74, 6) is 1.26. The quantitative estimate of drug-likeness (QED) is 0.670. The predicted molar refractivity (Wildman–Crippen MR) is 67.1 cm³/mol. The van der Waals surface area contributed by atoms with E-state index in [9.17, 15) is 0 Å². The third kappa shape index (κ3) is 4.31. The van der Waals surface area contributed by atoms with E-state index in [4.69, 9.17) is 11.5 Å². The molecule has 0 fully saturated rings. The highest BCUT2D eigenvalue weighted by molar-refractivity contribution is 5.48. The van der Waals surface area contributed by atoms with Crippen molar-refractivity contribution in [2.45, 2.75) is 19.4 Å². The summed E-state index contributed by atoms with van der Waals surface area (Å²) in [6, 6.07) is 2.00. The van der Waals surface area contributed by atoms with Crippen molar-refractivity contribution in [3.8, 4) is 0 Å². The Morgan fingerprint density at radius 3 is 2.62 bits per heavy atom. The first-order valence-electron chi connectivity index (χ1n) is 5.28. The summed E-state index contributed by atoms with van der Waals surface area (Å²) in [6.07, 6.45) is 1.02. The number of hydrogen-bond donors (Lipinski definition) is 3. The van der Waals surface area contributed by atoms with Gasteiger partial charge in [-0.25, -0.2) is 0 Å². The van der Waals surface area contributed by atoms with Gasteiger partial charge in [0.15, 0.2) is 0 Å². The van der Waals surface area contributed by atoms with E-state index < -0.39 is 0 Å². The van der Waals surface area contributed by atoms with E-state index in [0.717, 1.165) is 13.0 Å². The minimum absolute atomic E-state index is 0.197. The van der Waals surface area contributed by atoms with Crippen LogP contribution in [0.1, 0.15) is 13.3 Å². The smallest absolute Gasteiger partial charge is 0.223 e. The maximum atomic E-state index is 5.58. The van der Waals surface area contributed by atoms with Crippen molar-refractivity contribution in [1.82, 2.24) is 14.9 Å². The third-order valence-corrected chi connectivity index (χ3v) is 2.17. The Labute approximate surface area is 96.0 Å². The van der Waals surface area contributed by atoms with Gasteiger partial charge in [0.05, 0.1) is 0 Å². The Balaban J connectivity index is 2.52. The van der Waals surface area contributed by atoms with Crippen LogP contribution in [-0.4, -0.2) is 41.5 Å². The normalized spacial score (nSPS) is 12.8. The molecule has 0 spiro atoms. The van der Waals surface area contributed by atoms with Crippen molar-refractivity contribution in [1.29, 1.82) is 0 Å². The van der Waals surface area contributed by atoms with Crippen molar-refractivity contribution < 1.29 is 0 Å². The standard InChI is InChI=1S/C10H20N6/c1-7(4-5-16(2)3)13-9-6-8(11)14-10(12)15-9/h6-7H,4-5H2,1-3H3,(H5,11,12,13,14,15). The summed E-state index contributed by atoms with van der Waals surface area (Å²) in [7, 11) is 4.10. The van der Waals surface area contributed by atoms with Crippen LogP contribution in [0.15, 0.2) is 6.07 Å². The molecule has 90 valence electrons. The molecular formula is C10H20N6. The predicted octanol–water partition coefficient (Wildman–Crippen LogP) is 0.393. The fraction of sp³-hybridized carbons (Fsp3) is 0.600. The highest BCUT2D eigenvalue weighted by Crippen LogP contribution is 2.11. The van der Waals surface area contributed by atoms with Crippen molar-refractivity contribution in [3.05, 3.63) is 6.07 Å². The van der Waals surface area contributed by atoms with Gasteiger partial charge in [-0.3, -0.25) is 0 Å². The first-order chi connectivity index (χ1) is 7.47. The number of hydrogen-bond acceptors (Lipinski definition) is 6. The maximum absolute atomic E-state index is 5.58. The molecule has 1 atom stereocenters. The van der Waals surface area contributed by atoms with Gasteiger partial charge >= 0.3 is 0 Å². The zero-order valence-corrected chi connectivity index (χ0v) is 10.1. The fourth-order valence-electron chi connectivity index (χ4n) is 1.34. The molecule has 0 aliphatic carbocycles. The van der Waals surface area contributed by atoms with E-state index in [0.29, 0.717) is 17.7 Å². The van der Waals surface area contributed by atoms with Gasteiger partial charge in [-0.2, -0.15) is 9.97 Å². The summed E-state index contributed by atoms with van der Waals surface area (Å²) in [4.78, 5) is 10.0. The first kappa shape index (κ1) is 12.5. The molecule has 5 N–H and O–H groups in total. The molecule has 0 aliphatic rings. The molecule has 0 bridgehead atoms. The number of nitrogens with two attached hydrogens (primary N) is 2. The average molecular weight is 224 g/mol. The van der Waals surface area contributed by atoms with Crippen LogP contribution in [-0.2, 0) is 0 Å². The summed E-state index contributed by atoms with van der Waals surface area (Å²) < 4.78 is 0. The van der Waals surface area contributed by atoms with E-state index in [1.807, 2.05) is 14.1 Å². The topological polar surface area (TPSA) is 93.1 Å². The lowest BCUT2D eigenvalue weighted by Gasteiger charge is -2.17.